The molecule has 2 aromatic rings. The predicted molar refractivity (Wildman–Crippen MR) is 94.7 cm³/mol. The summed E-state index contributed by atoms with van der Waals surface area (Å²) in [6.45, 7) is 0.591. The minimum absolute atomic E-state index is 0.0394. The van der Waals surface area contributed by atoms with E-state index in [-0.39, 0.29) is 18.3 Å². The normalized spacial score (nSPS) is 11.0. The molecule has 0 saturated heterocycles. The second-order valence-corrected chi connectivity index (χ2v) is 5.40. The summed E-state index contributed by atoms with van der Waals surface area (Å²) in [6, 6.07) is 13.0. The lowest BCUT2D eigenvalue weighted by Gasteiger charge is -2.12. The van der Waals surface area contributed by atoms with Crippen LogP contribution < -0.4 is 16.0 Å². The fourth-order valence-corrected chi connectivity index (χ4v) is 2.04. The maximum Gasteiger partial charge on any atom is 0.243 e. The standard InChI is InChI=1S/C17H18ClFN4O/c1-20-17(21-10-12-2-4-13(18)5-3-12)22-11-16(24)23-15-8-6-14(19)7-9-15/h2-9H,10-11H2,1H3,(H,23,24)(H2,20,21,22). The largest absolute Gasteiger partial charge is 0.352 e. The van der Waals surface area contributed by atoms with Crippen LogP contribution in [0.3, 0.4) is 0 Å². The molecule has 0 heterocycles. The summed E-state index contributed by atoms with van der Waals surface area (Å²) in [7, 11) is 1.62. The Morgan fingerprint density at radius 3 is 2.38 bits per heavy atom. The lowest BCUT2D eigenvalue weighted by molar-refractivity contribution is -0.115. The van der Waals surface area contributed by atoms with E-state index in [2.05, 4.69) is 20.9 Å². The topological polar surface area (TPSA) is 65.5 Å². The van der Waals surface area contributed by atoms with Crippen LogP contribution in [0.15, 0.2) is 53.5 Å². The third-order valence-corrected chi connectivity index (χ3v) is 3.39. The Morgan fingerprint density at radius 1 is 1.08 bits per heavy atom. The molecule has 126 valence electrons. The molecule has 5 nitrogen and oxygen atoms in total. The molecule has 7 heteroatoms. The van der Waals surface area contributed by atoms with Gasteiger partial charge in [0.2, 0.25) is 5.91 Å². The predicted octanol–water partition coefficient (Wildman–Crippen LogP) is 2.78. The van der Waals surface area contributed by atoms with Gasteiger partial charge in [0.15, 0.2) is 5.96 Å². The Kier molecular flexibility index (Phi) is 6.57. The van der Waals surface area contributed by atoms with E-state index >= 15 is 0 Å². The number of guanidine groups is 1. The molecule has 0 bridgehead atoms. The number of anilines is 1. The molecular formula is C17H18ClFN4O. The molecule has 3 N–H and O–H groups in total. The number of carbonyl (C=O) groups is 1. The third-order valence-electron chi connectivity index (χ3n) is 3.14. The molecule has 0 saturated carbocycles. The Bertz CT molecular complexity index is 702. The Labute approximate surface area is 144 Å². The molecule has 0 fully saturated rings. The van der Waals surface area contributed by atoms with Crippen molar-refractivity contribution in [2.45, 2.75) is 6.54 Å². The van der Waals surface area contributed by atoms with Crippen LogP contribution in [0, 0.1) is 5.82 Å². The minimum Gasteiger partial charge on any atom is -0.352 e. The number of carbonyl (C=O) groups excluding carboxylic acids is 1. The van der Waals surface area contributed by atoms with Crippen LogP contribution in [0.5, 0.6) is 0 Å². The molecule has 2 rings (SSSR count). The van der Waals surface area contributed by atoms with E-state index < -0.39 is 0 Å². The van der Waals surface area contributed by atoms with Crippen molar-refractivity contribution in [3.8, 4) is 0 Å². The van der Waals surface area contributed by atoms with Crippen LogP contribution in [-0.4, -0.2) is 25.5 Å². The quantitative estimate of drug-likeness (QED) is 0.575. The van der Waals surface area contributed by atoms with Gasteiger partial charge in [0, 0.05) is 24.3 Å². The van der Waals surface area contributed by atoms with Crippen molar-refractivity contribution in [3.63, 3.8) is 0 Å². The number of nitrogens with zero attached hydrogens (tertiary/aromatic N) is 1. The maximum atomic E-state index is 12.8. The molecule has 0 aliphatic carbocycles. The third kappa shape index (κ3) is 5.89. The highest BCUT2D eigenvalue weighted by atomic mass is 35.5. The van der Waals surface area contributed by atoms with E-state index in [1.165, 1.54) is 24.3 Å². The number of rotatable bonds is 5. The van der Waals surface area contributed by atoms with Gasteiger partial charge in [-0.2, -0.15) is 0 Å². The van der Waals surface area contributed by atoms with Gasteiger partial charge in [-0.25, -0.2) is 4.39 Å². The van der Waals surface area contributed by atoms with Gasteiger partial charge in [0.05, 0.1) is 6.54 Å². The van der Waals surface area contributed by atoms with E-state index in [9.17, 15) is 9.18 Å². The van der Waals surface area contributed by atoms with Crippen molar-refractivity contribution in [1.82, 2.24) is 10.6 Å². The zero-order valence-electron chi connectivity index (χ0n) is 13.1. The summed E-state index contributed by atoms with van der Waals surface area (Å²) in [5, 5.41) is 9.35. The Hall–Kier alpha value is -2.60. The first kappa shape index (κ1) is 17.7. The first-order chi connectivity index (χ1) is 11.6. The summed E-state index contributed by atoms with van der Waals surface area (Å²) in [4.78, 5) is 15.9. The molecule has 0 spiro atoms. The minimum atomic E-state index is -0.349. The van der Waals surface area contributed by atoms with E-state index in [0.29, 0.717) is 23.2 Å². The van der Waals surface area contributed by atoms with Crippen molar-refractivity contribution in [2.24, 2.45) is 4.99 Å². The van der Waals surface area contributed by atoms with Gasteiger partial charge in [-0.05, 0) is 42.0 Å². The second-order valence-electron chi connectivity index (χ2n) is 4.96. The van der Waals surface area contributed by atoms with Crippen molar-refractivity contribution in [1.29, 1.82) is 0 Å². The number of amides is 1. The monoisotopic (exact) mass is 348 g/mol. The first-order valence-corrected chi connectivity index (χ1v) is 7.69. The summed E-state index contributed by atoms with van der Waals surface area (Å²) in [5.41, 5.74) is 1.57. The van der Waals surface area contributed by atoms with Crippen LogP contribution >= 0.6 is 11.6 Å². The van der Waals surface area contributed by atoms with Crippen LogP contribution in [-0.2, 0) is 11.3 Å². The molecule has 0 aromatic heterocycles. The van der Waals surface area contributed by atoms with E-state index in [1.54, 1.807) is 7.05 Å². The van der Waals surface area contributed by atoms with E-state index in [1.807, 2.05) is 24.3 Å². The van der Waals surface area contributed by atoms with E-state index in [4.69, 9.17) is 11.6 Å². The molecule has 24 heavy (non-hydrogen) atoms. The van der Waals surface area contributed by atoms with E-state index in [0.717, 1.165) is 5.56 Å². The van der Waals surface area contributed by atoms with Crippen LogP contribution in [0.25, 0.3) is 0 Å². The number of nitrogens with one attached hydrogen (secondary N) is 3. The lowest BCUT2D eigenvalue weighted by Crippen LogP contribution is -2.41. The average molecular weight is 349 g/mol. The van der Waals surface area contributed by atoms with Gasteiger partial charge < -0.3 is 16.0 Å². The van der Waals surface area contributed by atoms with Gasteiger partial charge in [-0.1, -0.05) is 23.7 Å². The number of benzene rings is 2. The van der Waals surface area contributed by atoms with Gasteiger partial charge >= 0.3 is 0 Å². The summed E-state index contributed by atoms with van der Waals surface area (Å²) in [6.07, 6.45) is 0. The number of halogens is 2. The molecule has 0 unspecified atom stereocenters. The highest BCUT2D eigenvalue weighted by Crippen LogP contribution is 2.09. The highest BCUT2D eigenvalue weighted by molar-refractivity contribution is 6.30. The van der Waals surface area contributed by atoms with Crippen molar-refractivity contribution in [3.05, 3.63) is 64.9 Å². The number of aliphatic imine (C=N–C) groups is 1. The Balaban J connectivity index is 1.77. The van der Waals surface area contributed by atoms with Crippen LogP contribution in [0.4, 0.5) is 10.1 Å². The van der Waals surface area contributed by atoms with Crippen molar-refractivity contribution < 1.29 is 9.18 Å². The Morgan fingerprint density at radius 2 is 1.75 bits per heavy atom. The second kappa shape index (κ2) is 8.88. The van der Waals surface area contributed by atoms with Crippen LogP contribution in [0.2, 0.25) is 5.02 Å². The van der Waals surface area contributed by atoms with Gasteiger partial charge in [-0.3, -0.25) is 9.79 Å². The van der Waals surface area contributed by atoms with Crippen molar-refractivity contribution >= 4 is 29.2 Å². The zero-order chi connectivity index (χ0) is 17.4. The molecule has 0 radical (unpaired) electrons. The SMILES string of the molecule is CN=C(NCC(=O)Nc1ccc(F)cc1)NCc1ccc(Cl)cc1. The molecule has 0 aliphatic heterocycles. The average Bonchev–Trinajstić information content (AvgIpc) is 2.58. The van der Waals surface area contributed by atoms with Crippen LogP contribution in [0.1, 0.15) is 5.56 Å². The highest BCUT2D eigenvalue weighted by Gasteiger charge is 2.04. The molecule has 1 amide bonds. The lowest BCUT2D eigenvalue weighted by atomic mass is 10.2. The maximum absolute atomic E-state index is 12.8. The number of hydrogen-bond donors (Lipinski definition) is 3. The molecule has 2 aromatic carbocycles. The van der Waals surface area contributed by atoms with Gasteiger partial charge in [0.1, 0.15) is 5.82 Å². The van der Waals surface area contributed by atoms with Gasteiger partial charge in [-0.15, -0.1) is 0 Å². The smallest absolute Gasteiger partial charge is 0.243 e. The van der Waals surface area contributed by atoms with Crippen molar-refractivity contribution in [2.75, 3.05) is 18.9 Å². The molecular weight excluding hydrogens is 331 g/mol. The fraction of sp³-hybridized carbons (Fsp3) is 0.176. The fourth-order valence-electron chi connectivity index (χ4n) is 1.91. The number of hydrogen-bond acceptors (Lipinski definition) is 2. The zero-order valence-corrected chi connectivity index (χ0v) is 13.9. The first-order valence-electron chi connectivity index (χ1n) is 7.31. The summed E-state index contributed by atoms with van der Waals surface area (Å²) in [5.74, 6) is -0.104. The molecule has 0 atom stereocenters. The molecule has 0 aliphatic rings. The van der Waals surface area contributed by atoms with Gasteiger partial charge in [0.25, 0.3) is 0 Å². The summed E-state index contributed by atoms with van der Waals surface area (Å²) >= 11 is 5.84. The summed E-state index contributed by atoms with van der Waals surface area (Å²) < 4.78 is 12.8.